The number of alkyl halides is 1. The van der Waals surface area contributed by atoms with Gasteiger partial charge in [0.2, 0.25) is 5.91 Å². The maximum absolute atomic E-state index is 11.7. The van der Waals surface area contributed by atoms with E-state index >= 15 is 0 Å². The largest absolute Gasteiger partial charge is 0.358 e. The van der Waals surface area contributed by atoms with Crippen LogP contribution >= 0.6 is 27.3 Å². The lowest BCUT2D eigenvalue weighted by atomic mass is 10.0. The van der Waals surface area contributed by atoms with Gasteiger partial charge in [-0.15, -0.1) is 11.3 Å². The van der Waals surface area contributed by atoms with E-state index in [1.54, 1.807) is 7.05 Å². The molecule has 0 bridgehead atoms. The van der Waals surface area contributed by atoms with Crippen molar-refractivity contribution in [2.75, 3.05) is 12.4 Å². The second-order valence-electron chi connectivity index (χ2n) is 3.88. The van der Waals surface area contributed by atoms with Gasteiger partial charge in [-0.2, -0.15) is 0 Å². The molecule has 1 aliphatic carbocycles. The van der Waals surface area contributed by atoms with Gasteiger partial charge in [-0.05, 0) is 25.0 Å². The summed E-state index contributed by atoms with van der Waals surface area (Å²) in [5.74, 6) is 0.135. The lowest BCUT2D eigenvalue weighted by molar-refractivity contribution is -0.123. The Bertz CT molecular complexity index is 437. The predicted molar refractivity (Wildman–Crippen MR) is 67.4 cm³/mol. The molecule has 0 aromatic carbocycles. The first-order valence-electron chi connectivity index (χ1n) is 5.06. The van der Waals surface area contributed by atoms with Crippen molar-refractivity contribution in [3.05, 3.63) is 21.9 Å². The zero-order chi connectivity index (χ0) is 11.8. The number of carbonyl (C=O) groups excluding carboxylic acids is 2. The third-order valence-electron chi connectivity index (χ3n) is 2.89. The molecule has 3 nitrogen and oxygen atoms in total. The Morgan fingerprint density at radius 2 is 2.19 bits per heavy atom. The average molecular weight is 302 g/mol. The first-order chi connectivity index (χ1) is 7.64. The van der Waals surface area contributed by atoms with Gasteiger partial charge < -0.3 is 5.32 Å². The Hall–Kier alpha value is -0.680. The van der Waals surface area contributed by atoms with Crippen LogP contribution in [0.5, 0.6) is 0 Å². The summed E-state index contributed by atoms with van der Waals surface area (Å²) in [4.78, 5) is 25.0. The van der Waals surface area contributed by atoms with Gasteiger partial charge in [-0.25, -0.2) is 0 Å². The lowest BCUT2D eigenvalue weighted by Crippen LogP contribution is -2.31. The van der Waals surface area contributed by atoms with E-state index in [4.69, 9.17) is 0 Å². The van der Waals surface area contributed by atoms with Crippen molar-refractivity contribution >= 4 is 39.0 Å². The zero-order valence-corrected chi connectivity index (χ0v) is 11.3. The van der Waals surface area contributed by atoms with Crippen molar-refractivity contribution in [2.45, 2.75) is 18.3 Å². The first-order valence-corrected chi connectivity index (χ1v) is 6.99. The van der Waals surface area contributed by atoms with Crippen molar-refractivity contribution in [2.24, 2.45) is 0 Å². The highest BCUT2D eigenvalue weighted by Crippen LogP contribution is 2.50. The Labute approximate surface area is 106 Å². The summed E-state index contributed by atoms with van der Waals surface area (Å²) >= 11 is 4.59. The van der Waals surface area contributed by atoms with E-state index in [9.17, 15) is 9.59 Å². The number of hydrogen-bond acceptors (Lipinski definition) is 3. The summed E-state index contributed by atoms with van der Waals surface area (Å²) in [6.07, 6.45) is 1.77. The van der Waals surface area contributed by atoms with Crippen LogP contribution < -0.4 is 5.32 Å². The van der Waals surface area contributed by atoms with E-state index in [1.165, 1.54) is 11.3 Å². The Kier molecular flexibility index (Phi) is 3.17. The maximum atomic E-state index is 11.7. The molecule has 5 heteroatoms. The molecule has 1 heterocycles. The third kappa shape index (κ3) is 1.82. The van der Waals surface area contributed by atoms with Gasteiger partial charge in [0.25, 0.3) is 0 Å². The second kappa shape index (κ2) is 4.30. The summed E-state index contributed by atoms with van der Waals surface area (Å²) in [6, 6.07) is 3.72. The van der Waals surface area contributed by atoms with Crippen LogP contribution in [0.3, 0.4) is 0 Å². The van der Waals surface area contributed by atoms with Crippen molar-refractivity contribution in [1.29, 1.82) is 0 Å². The zero-order valence-electron chi connectivity index (χ0n) is 8.88. The van der Waals surface area contributed by atoms with Gasteiger partial charge in [0.05, 0.1) is 15.6 Å². The molecule has 0 saturated heterocycles. The highest BCUT2D eigenvalue weighted by atomic mass is 79.9. The number of hydrogen-bond donors (Lipinski definition) is 1. The van der Waals surface area contributed by atoms with Crippen LogP contribution in [0.1, 0.15) is 27.4 Å². The third-order valence-corrected chi connectivity index (χ3v) is 4.73. The quantitative estimate of drug-likeness (QED) is 0.684. The highest BCUT2D eigenvalue weighted by Gasteiger charge is 2.51. The molecule has 1 N–H and O–H groups in total. The number of nitrogens with one attached hydrogen (secondary N) is 1. The van der Waals surface area contributed by atoms with Gasteiger partial charge in [0.15, 0.2) is 5.78 Å². The molecular formula is C11H12BrNO2S. The van der Waals surface area contributed by atoms with Crippen molar-refractivity contribution in [3.8, 4) is 0 Å². The van der Waals surface area contributed by atoms with E-state index in [2.05, 4.69) is 21.2 Å². The summed E-state index contributed by atoms with van der Waals surface area (Å²) < 4.78 is 0. The van der Waals surface area contributed by atoms with Crippen LogP contribution in [0.4, 0.5) is 0 Å². The van der Waals surface area contributed by atoms with Crippen LogP contribution in [-0.4, -0.2) is 24.1 Å². The van der Waals surface area contributed by atoms with Gasteiger partial charge in [-0.3, -0.25) is 9.59 Å². The number of thiophene rings is 1. The predicted octanol–water partition coefficient (Wildman–Crippen LogP) is 2.10. The van der Waals surface area contributed by atoms with Crippen LogP contribution in [-0.2, 0) is 10.2 Å². The molecule has 16 heavy (non-hydrogen) atoms. The number of ketones is 1. The number of likely N-dealkylation sites (N-methyl/N-ethyl adjacent to an activating group) is 1. The standard InChI is InChI=1S/C11H12BrNO2S/c1-13-10(15)11(4-5-11)9-3-2-8(16-9)7(14)6-12/h2-3H,4-6H2,1H3,(H,13,15). The molecule has 0 radical (unpaired) electrons. The fraction of sp³-hybridized carbons (Fsp3) is 0.455. The summed E-state index contributed by atoms with van der Waals surface area (Å²) in [5.41, 5.74) is -0.343. The Balaban J connectivity index is 2.26. The van der Waals surface area contributed by atoms with E-state index in [-0.39, 0.29) is 17.1 Å². The summed E-state index contributed by atoms with van der Waals surface area (Å²) in [5, 5.41) is 3.03. The molecule has 0 aliphatic heterocycles. The molecule has 1 aromatic rings. The van der Waals surface area contributed by atoms with Crippen LogP contribution in [0.25, 0.3) is 0 Å². The van der Waals surface area contributed by atoms with Gasteiger partial charge in [0, 0.05) is 11.9 Å². The number of rotatable bonds is 4. The molecular weight excluding hydrogens is 290 g/mol. The minimum Gasteiger partial charge on any atom is -0.358 e. The minimum absolute atomic E-state index is 0.0622. The van der Waals surface area contributed by atoms with E-state index in [1.807, 2.05) is 12.1 Å². The highest BCUT2D eigenvalue weighted by molar-refractivity contribution is 9.09. The normalized spacial score (nSPS) is 16.9. The molecule has 1 saturated carbocycles. The summed E-state index contributed by atoms with van der Waals surface area (Å²) in [7, 11) is 1.65. The smallest absolute Gasteiger partial charge is 0.231 e. The number of carbonyl (C=O) groups is 2. The topological polar surface area (TPSA) is 46.2 Å². The first kappa shape index (κ1) is 11.8. The minimum atomic E-state index is -0.343. The number of Topliss-reactive ketones (excluding diaryl/α,β-unsaturated/α-hetero) is 1. The van der Waals surface area contributed by atoms with Gasteiger partial charge >= 0.3 is 0 Å². The van der Waals surface area contributed by atoms with Crippen LogP contribution in [0.2, 0.25) is 0 Å². The molecule has 1 fully saturated rings. The van der Waals surface area contributed by atoms with Crippen molar-refractivity contribution in [1.82, 2.24) is 5.32 Å². The Morgan fingerprint density at radius 1 is 1.50 bits per heavy atom. The maximum Gasteiger partial charge on any atom is 0.231 e. The summed E-state index contributed by atoms with van der Waals surface area (Å²) in [6.45, 7) is 0. The van der Waals surface area contributed by atoms with Crippen LogP contribution in [0, 0.1) is 0 Å². The molecule has 0 unspecified atom stereocenters. The van der Waals surface area contributed by atoms with E-state index < -0.39 is 0 Å². The molecule has 0 spiro atoms. The van der Waals surface area contributed by atoms with Gasteiger partial charge in [0.1, 0.15) is 0 Å². The molecule has 1 aromatic heterocycles. The number of amides is 1. The van der Waals surface area contributed by atoms with Crippen molar-refractivity contribution in [3.63, 3.8) is 0 Å². The van der Waals surface area contributed by atoms with Crippen LogP contribution in [0.15, 0.2) is 12.1 Å². The van der Waals surface area contributed by atoms with Crippen molar-refractivity contribution < 1.29 is 9.59 Å². The Morgan fingerprint density at radius 3 is 2.69 bits per heavy atom. The van der Waals surface area contributed by atoms with E-state index in [0.29, 0.717) is 5.33 Å². The lowest BCUT2D eigenvalue weighted by Gasteiger charge is -2.10. The average Bonchev–Trinajstić information content (AvgIpc) is 2.98. The number of halogens is 1. The molecule has 2 rings (SSSR count). The second-order valence-corrected chi connectivity index (χ2v) is 5.53. The molecule has 1 aliphatic rings. The SMILES string of the molecule is CNC(=O)C1(c2ccc(C(=O)CBr)s2)CC1. The van der Waals surface area contributed by atoms with E-state index in [0.717, 1.165) is 22.6 Å². The fourth-order valence-electron chi connectivity index (χ4n) is 1.76. The molecule has 0 atom stereocenters. The fourth-order valence-corrected chi connectivity index (χ4v) is 3.44. The molecule has 86 valence electrons. The van der Waals surface area contributed by atoms with Gasteiger partial charge in [-0.1, -0.05) is 15.9 Å². The monoisotopic (exact) mass is 301 g/mol. The molecule has 1 amide bonds.